The van der Waals surface area contributed by atoms with Crippen LogP contribution in [0.3, 0.4) is 0 Å². The summed E-state index contributed by atoms with van der Waals surface area (Å²) in [4.78, 5) is 0. The Morgan fingerprint density at radius 2 is 1.80 bits per heavy atom. The molecule has 1 aliphatic carbocycles. The Morgan fingerprint density at radius 3 is 2.30 bits per heavy atom. The SMILES string of the molecule is CO[C@@H](C)C1CCCCC1. The first-order chi connectivity index (χ1) is 4.84. The van der Waals surface area contributed by atoms with Crippen molar-refractivity contribution in [3.63, 3.8) is 0 Å². The van der Waals surface area contributed by atoms with E-state index in [2.05, 4.69) is 6.92 Å². The normalized spacial score (nSPS) is 24.6. The van der Waals surface area contributed by atoms with Gasteiger partial charge in [-0.3, -0.25) is 0 Å². The Kier molecular flexibility index (Phi) is 3.20. The molecule has 0 bridgehead atoms. The van der Waals surface area contributed by atoms with Crippen molar-refractivity contribution in [2.24, 2.45) is 5.92 Å². The maximum atomic E-state index is 5.29. The van der Waals surface area contributed by atoms with Crippen molar-refractivity contribution in [1.82, 2.24) is 0 Å². The molecule has 0 aromatic rings. The van der Waals surface area contributed by atoms with Gasteiger partial charge in [-0.05, 0) is 25.7 Å². The Morgan fingerprint density at radius 1 is 1.20 bits per heavy atom. The van der Waals surface area contributed by atoms with Crippen LogP contribution in [-0.2, 0) is 4.74 Å². The summed E-state index contributed by atoms with van der Waals surface area (Å²) in [6.07, 6.45) is 7.52. The van der Waals surface area contributed by atoms with Gasteiger partial charge in [-0.1, -0.05) is 19.3 Å². The molecule has 0 aliphatic heterocycles. The van der Waals surface area contributed by atoms with Crippen LogP contribution in [0, 0.1) is 5.92 Å². The average molecular weight is 142 g/mol. The zero-order chi connectivity index (χ0) is 7.40. The third-order valence-electron chi connectivity index (χ3n) is 2.69. The molecule has 0 spiro atoms. The second-order valence-corrected chi connectivity index (χ2v) is 3.34. The first-order valence-corrected chi connectivity index (χ1v) is 4.37. The largest absolute Gasteiger partial charge is 0.381 e. The minimum absolute atomic E-state index is 0.486. The van der Waals surface area contributed by atoms with Crippen LogP contribution in [-0.4, -0.2) is 13.2 Å². The molecule has 60 valence electrons. The van der Waals surface area contributed by atoms with Gasteiger partial charge in [0.25, 0.3) is 0 Å². The Bertz CT molecular complexity index is 84.7. The molecular formula is C9H18O. The molecule has 1 nitrogen and oxygen atoms in total. The zero-order valence-electron chi connectivity index (χ0n) is 7.10. The summed E-state index contributed by atoms with van der Waals surface area (Å²) in [6.45, 7) is 2.19. The summed E-state index contributed by atoms with van der Waals surface area (Å²) in [6, 6.07) is 0. The molecule has 10 heavy (non-hydrogen) atoms. The van der Waals surface area contributed by atoms with Crippen LogP contribution in [0.4, 0.5) is 0 Å². The van der Waals surface area contributed by atoms with Crippen molar-refractivity contribution in [3.8, 4) is 0 Å². The van der Waals surface area contributed by atoms with E-state index in [4.69, 9.17) is 4.74 Å². The van der Waals surface area contributed by atoms with Gasteiger partial charge in [0.1, 0.15) is 0 Å². The van der Waals surface area contributed by atoms with Crippen molar-refractivity contribution >= 4 is 0 Å². The molecule has 1 aliphatic rings. The van der Waals surface area contributed by atoms with Crippen molar-refractivity contribution < 1.29 is 4.74 Å². The number of hydrogen-bond acceptors (Lipinski definition) is 1. The molecule has 0 N–H and O–H groups in total. The maximum absolute atomic E-state index is 5.29. The van der Waals surface area contributed by atoms with Gasteiger partial charge in [0, 0.05) is 7.11 Å². The van der Waals surface area contributed by atoms with E-state index in [1.807, 2.05) is 7.11 Å². The summed E-state index contributed by atoms with van der Waals surface area (Å²) in [5.74, 6) is 0.846. The van der Waals surface area contributed by atoms with E-state index in [0.717, 1.165) is 5.92 Å². The first-order valence-electron chi connectivity index (χ1n) is 4.37. The molecule has 1 rings (SSSR count). The first kappa shape index (κ1) is 8.06. The van der Waals surface area contributed by atoms with Gasteiger partial charge < -0.3 is 4.74 Å². The molecule has 0 unspecified atom stereocenters. The predicted octanol–water partition coefficient (Wildman–Crippen LogP) is 2.60. The van der Waals surface area contributed by atoms with Crippen LogP contribution in [0.25, 0.3) is 0 Å². The van der Waals surface area contributed by atoms with Crippen molar-refractivity contribution in [2.75, 3.05) is 7.11 Å². The highest BCUT2D eigenvalue weighted by molar-refractivity contribution is 4.70. The van der Waals surface area contributed by atoms with Gasteiger partial charge in [-0.15, -0.1) is 0 Å². The third-order valence-corrected chi connectivity index (χ3v) is 2.69. The van der Waals surface area contributed by atoms with E-state index in [0.29, 0.717) is 6.10 Å². The summed E-state index contributed by atoms with van der Waals surface area (Å²) in [5, 5.41) is 0. The van der Waals surface area contributed by atoms with E-state index >= 15 is 0 Å². The van der Waals surface area contributed by atoms with E-state index in [9.17, 15) is 0 Å². The van der Waals surface area contributed by atoms with Crippen LogP contribution in [0.5, 0.6) is 0 Å². The minimum Gasteiger partial charge on any atom is -0.381 e. The fourth-order valence-electron chi connectivity index (χ4n) is 1.80. The number of hydrogen-bond donors (Lipinski definition) is 0. The fourth-order valence-corrected chi connectivity index (χ4v) is 1.80. The zero-order valence-corrected chi connectivity index (χ0v) is 7.10. The summed E-state index contributed by atoms with van der Waals surface area (Å²) in [5.41, 5.74) is 0. The van der Waals surface area contributed by atoms with Gasteiger partial charge in [-0.2, -0.15) is 0 Å². The van der Waals surface area contributed by atoms with Crippen molar-refractivity contribution in [2.45, 2.75) is 45.1 Å². The Labute approximate surface area is 63.8 Å². The highest BCUT2D eigenvalue weighted by atomic mass is 16.5. The summed E-state index contributed by atoms with van der Waals surface area (Å²) < 4.78 is 5.29. The molecule has 0 radical (unpaired) electrons. The monoisotopic (exact) mass is 142 g/mol. The van der Waals surface area contributed by atoms with Gasteiger partial charge in [-0.25, -0.2) is 0 Å². The lowest BCUT2D eigenvalue weighted by Gasteiger charge is -2.26. The standard InChI is InChI=1S/C9H18O/c1-8(10-2)9-6-4-3-5-7-9/h8-9H,3-7H2,1-2H3/t8-/m0/s1. The average Bonchev–Trinajstić information content (AvgIpc) is 2.05. The van der Waals surface area contributed by atoms with Crippen LogP contribution >= 0.6 is 0 Å². The van der Waals surface area contributed by atoms with E-state index in [1.165, 1.54) is 32.1 Å². The molecule has 1 fully saturated rings. The van der Waals surface area contributed by atoms with Crippen molar-refractivity contribution in [1.29, 1.82) is 0 Å². The summed E-state index contributed by atoms with van der Waals surface area (Å²) in [7, 11) is 1.82. The maximum Gasteiger partial charge on any atom is 0.0571 e. The van der Waals surface area contributed by atoms with E-state index < -0.39 is 0 Å². The molecule has 0 aromatic heterocycles. The van der Waals surface area contributed by atoms with Gasteiger partial charge in [0.05, 0.1) is 6.10 Å². The topological polar surface area (TPSA) is 9.23 Å². The minimum atomic E-state index is 0.486. The lowest BCUT2D eigenvalue weighted by atomic mass is 9.86. The fraction of sp³-hybridized carbons (Fsp3) is 1.00. The van der Waals surface area contributed by atoms with Crippen LogP contribution in [0.15, 0.2) is 0 Å². The van der Waals surface area contributed by atoms with Gasteiger partial charge in [0.2, 0.25) is 0 Å². The second-order valence-electron chi connectivity index (χ2n) is 3.34. The van der Waals surface area contributed by atoms with E-state index in [1.54, 1.807) is 0 Å². The van der Waals surface area contributed by atoms with Crippen LogP contribution in [0.1, 0.15) is 39.0 Å². The highest BCUT2D eigenvalue weighted by Gasteiger charge is 2.18. The molecule has 0 heterocycles. The molecule has 0 amide bonds. The third kappa shape index (κ3) is 1.98. The molecule has 1 atom stereocenters. The van der Waals surface area contributed by atoms with Crippen LogP contribution in [0.2, 0.25) is 0 Å². The summed E-state index contributed by atoms with van der Waals surface area (Å²) >= 11 is 0. The lowest BCUT2D eigenvalue weighted by Crippen LogP contribution is -2.21. The quantitative estimate of drug-likeness (QED) is 0.576. The van der Waals surface area contributed by atoms with Gasteiger partial charge in [0.15, 0.2) is 0 Å². The lowest BCUT2D eigenvalue weighted by molar-refractivity contribution is 0.0507. The number of rotatable bonds is 2. The smallest absolute Gasteiger partial charge is 0.0571 e. The van der Waals surface area contributed by atoms with Crippen molar-refractivity contribution in [3.05, 3.63) is 0 Å². The highest BCUT2D eigenvalue weighted by Crippen LogP contribution is 2.27. The molecule has 0 aromatic carbocycles. The van der Waals surface area contributed by atoms with Gasteiger partial charge >= 0.3 is 0 Å². The Hall–Kier alpha value is -0.0400. The second kappa shape index (κ2) is 3.97. The molecular weight excluding hydrogens is 124 g/mol. The predicted molar refractivity (Wildman–Crippen MR) is 43.0 cm³/mol. The van der Waals surface area contributed by atoms with E-state index in [-0.39, 0.29) is 0 Å². The molecule has 1 saturated carbocycles. The number of methoxy groups -OCH3 is 1. The Balaban J connectivity index is 2.24. The van der Waals surface area contributed by atoms with Crippen LogP contribution < -0.4 is 0 Å². The molecule has 0 saturated heterocycles. The number of ether oxygens (including phenoxy) is 1. The molecule has 1 heteroatoms.